The largest absolute Gasteiger partial charge is 0.756 e. The molecule has 0 aliphatic heterocycles. The van der Waals surface area contributed by atoms with Crippen molar-refractivity contribution in [2.75, 3.05) is 40.9 Å². The minimum Gasteiger partial charge on any atom is -0.756 e. The van der Waals surface area contributed by atoms with Crippen LogP contribution in [0.25, 0.3) is 0 Å². The molecular formula is C79H159N2O6P. The Morgan fingerprint density at radius 1 is 0.386 bits per heavy atom. The Bertz CT molecular complexity index is 1440. The van der Waals surface area contributed by atoms with Crippen LogP contribution in [0.2, 0.25) is 0 Å². The number of aliphatic hydroxyl groups is 1. The van der Waals surface area contributed by atoms with E-state index in [1.54, 1.807) is 0 Å². The third-order valence-corrected chi connectivity index (χ3v) is 20.0. The second kappa shape index (κ2) is 70.6. The number of phosphoric acid groups is 1. The molecule has 1 amide bonds. The van der Waals surface area contributed by atoms with Gasteiger partial charge in [-0.15, -0.1) is 0 Å². The van der Waals surface area contributed by atoms with E-state index in [1.165, 1.54) is 372 Å². The van der Waals surface area contributed by atoms with Crippen molar-refractivity contribution in [2.24, 2.45) is 0 Å². The maximum atomic E-state index is 13.1. The minimum absolute atomic E-state index is 0.0164. The van der Waals surface area contributed by atoms with E-state index in [1.807, 2.05) is 21.1 Å². The monoisotopic (exact) mass is 1260 g/mol. The zero-order valence-corrected chi connectivity index (χ0v) is 61.4. The molecule has 526 valence electrons. The molecule has 0 saturated carbocycles. The first kappa shape index (κ1) is 87.2. The van der Waals surface area contributed by atoms with Crippen molar-refractivity contribution in [1.82, 2.24) is 5.32 Å². The van der Waals surface area contributed by atoms with Gasteiger partial charge < -0.3 is 28.8 Å². The van der Waals surface area contributed by atoms with Crippen LogP contribution in [0, 0.1) is 0 Å². The standard InChI is InChI=1S/C79H159N2O6P/c1-6-8-10-12-14-16-18-20-22-24-26-28-30-32-34-36-37-38-39-40-41-42-43-45-47-49-51-53-55-57-59-61-63-65-67-69-71-73-79(83)80-77(76-87-88(84,85)86-75-74-81(3,4)5)78(82)72-70-68-66-64-62-60-58-56-54-52-50-48-46-44-35-33-31-29-27-25-23-21-19-17-15-13-11-9-7-2/h24,26,77-78,82H,6-23,25,27-76H2,1-5H3,(H-,80,83,84,85)/b26-24-. The maximum Gasteiger partial charge on any atom is 0.268 e. The predicted molar refractivity (Wildman–Crippen MR) is 386 cm³/mol. The topological polar surface area (TPSA) is 108 Å². The molecule has 0 aromatic carbocycles. The number of nitrogens with one attached hydrogen (secondary N) is 1. The van der Waals surface area contributed by atoms with Crippen LogP contribution in [0.15, 0.2) is 12.2 Å². The molecule has 2 N–H and O–H groups in total. The molecule has 0 saturated heterocycles. The molecule has 0 aliphatic carbocycles. The Labute approximate surface area is 552 Å². The molecule has 0 fully saturated rings. The lowest BCUT2D eigenvalue weighted by Gasteiger charge is -2.30. The van der Waals surface area contributed by atoms with Crippen molar-refractivity contribution in [3.63, 3.8) is 0 Å². The SMILES string of the molecule is CCCCCCCCCC/C=C\CCCCCCCCCCCCCCCCCCCCCCCCCCCC(=O)NC(COP(=O)([O-])OCC[N+](C)(C)C)C(O)CCCCCCCCCCCCCCCCCCCCCCCCCCCCCCC. The van der Waals surface area contributed by atoms with Gasteiger partial charge in [-0.1, -0.05) is 405 Å². The van der Waals surface area contributed by atoms with Gasteiger partial charge in [-0.3, -0.25) is 9.36 Å². The maximum absolute atomic E-state index is 13.1. The number of unbranched alkanes of at least 4 members (excludes halogenated alkanes) is 61. The highest BCUT2D eigenvalue weighted by Gasteiger charge is 2.24. The lowest BCUT2D eigenvalue weighted by molar-refractivity contribution is -0.870. The quantitative estimate of drug-likeness (QED) is 0.0272. The van der Waals surface area contributed by atoms with E-state index in [0.29, 0.717) is 23.9 Å². The van der Waals surface area contributed by atoms with Crippen LogP contribution in [-0.2, 0) is 18.4 Å². The van der Waals surface area contributed by atoms with Gasteiger partial charge in [-0.25, -0.2) is 0 Å². The molecule has 88 heavy (non-hydrogen) atoms. The summed E-state index contributed by atoms with van der Waals surface area (Å²) in [7, 11) is 1.33. The average Bonchev–Trinajstić information content (AvgIpc) is 3.70. The van der Waals surface area contributed by atoms with Crippen molar-refractivity contribution < 1.29 is 32.9 Å². The summed E-state index contributed by atoms with van der Waals surface area (Å²) in [5, 5.41) is 14.1. The van der Waals surface area contributed by atoms with Gasteiger partial charge in [-0.2, -0.15) is 0 Å². The van der Waals surface area contributed by atoms with Crippen molar-refractivity contribution in [2.45, 2.75) is 450 Å². The van der Waals surface area contributed by atoms with E-state index >= 15 is 0 Å². The molecule has 0 bridgehead atoms. The van der Waals surface area contributed by atoms with E-state index in [4.69, 9.17) is 9.05 Å². The number of aliphatic hydroxyl groups excluding tert-OH is 1. The summed E-state index contributed by atoms with van der Waals surface area (Å²) in [5.74, 6) is -0.153. The lowest BCUT2D eigenvalue weighted by atomic mass is 10.0. The first-order valence-corrected chi connectivity index (χ1v) is 41.5. The Morgan fingerprint density at radius 2 is 0.625 bits per heavy atom. The molecule has 9 heteroatoms. The highest BCUT2D eigenvalue weighted by molar-refractivity contribution is 7.45. The van der Waals surface area contributed by atoms with E-state index < -0.39 is 20.0 Å². The van der Waals surface area contributed by atoms with Crippen molar-refractivity contribution in [3.8, 4) is 0 Å². The van der Waals surface area contributed by atoms with Crippen LogP contribution in [0.1, 0.15) is 438 Å². The molecule has 3 unspecified atom stereocenters. The van der Waals surface area contributed by atoms with E-state index in [-0.39, 0.29) is 19.1 Å². The number of hydrogen-bond donors (Lipinski definition) is 2. The van der Waals surface area contributed by atoms with Crippen molar-refractivity contribution in [1.29, 1.82) is 0 Å². The number of phosphoric ester groups is 1. The van der Waals surface area contributed by atoms with Gasteiger partial charge in [0.15, 0.2) is 0 Å². The fourth-order valence-electron chi connectivity index (χ4n) is 12.8. The third-order valence-electron chi connectivity index (χ3n) is 19.0. The predicted octanol–water partition coefficient (Wildman–Crippen LogP) is 25.4. The summed E-state index contributed by atoms with van der Waals surface area (Å²) in [6, 6.07) is -0.799. The number of carbonyl (C=O) groups is 1. The molecule has 8 nitrogen and oxygen atoms in total. The lowest BCUT2D eigenvalue weighted by Crippen LogP contribution is -2.46. The number of carbonyl (C=O) groups excluding carboxylic acids is 1. The first-order chi connectivity index (χ1) is 43.0. The van der Waals surface area contributed by atoms with Crippen LogP contribution in [0.4, 0.5) is 0 Å². The number of nitrogens with zero attached hydrogens (tertiary/aromatic N) is 1. The first-order valence-electron chi connectivity index (χ1n) is 40.0. The number of hydrogen-bond acceptors (Lipinski definition) is 6. The summed E-state index contributed by atoms with van der Waals surface area (Å²) >= 11 is 0. The van der Waals surface area contributed by atoms with Gasteiger partial charge in [0, 0.05) is 6.42 Å². The molecule has 0 aliphatic rings. The molecule has 3 atom stereocenters. The normalized spacial score (nSPS) is 13.5. The second-order valence-corrected chi connectivity index (χ2v) is 30.5. The zero-order chi connectivity index (χ0) is 64.1. The van der Waals surface area contributed by atoms with E-state index in [9.17, 15) is 19.4 Å². The summed E-state index contributed by atoms with van der Waals surface area (Å²) in [5.41, 5.74) is 0. The van der Waals surface area contributed by atoms with Crippen molar-refractivity contribution in [3.05, 3.63) is 12.2 Å². The van der Waals surface area contributed by atoms with Gasteiger partial charge in [0.05, 0.1) is 39.9 Å². The van der Waals surface area contributed by atoms with Gasteiger partial charge in [0.2, 0.25) is 5.91 Å². The number of allylic oxidation sites excluding steroid dienone is 2. The number of rotatable bonds is 76. The number of amides is 1. The highest BCUT2D eigenvalue weighted by Crippen LogP contribution is 2.38. The summed E-state index contributed by atoms with van der Waals surface area (Å²) in [4.78, 5) is 25.7. The van der Waals surface area contributed by atoms with E-state index in [2.05, 4.69) is 31.3 Å². The van der Waals surface area contributed by atoms with Crippen LogP contribution in [0.5, 0.6) is 0 Å². The molecule has 0 radical (unpaired) electrons. The fraction of sp³-hybridized carbons (Fsp3) is 0.962. The fourth-order valence-corrected chi connectivity index (χ4v) is 13.5. The van der Waals surface area contributed by atoms with Crippen LogP contribution in [0.3, 0.4) is 0 Å². The number of quaternary nitrogens is 1. The molecular weight excluding hydrogens is 1100 g/mol. The van der Waals surface area contributed by atoms with Crippen LogP contribution >= 0.6 is 7.82 Å². The van der Waals surface area contributed by atoms with Gasteiger partial charge in [-0.05, 0) is 38.5 Å². The van der Waals surface area contributed by atoms with Gasteiger partial charge in [0.1, 0.15) is 13.2 Å². The molecule has 0 heterocycles. The Morgan fingerprint density at radius 3 is 0.886 bits per heavy atom. The smallest absolute Gasteiger partial charge is 0.268 e. The van der Waals surface area contributed by atoms with Crippen LogP contribution in [-0.4, -0.2) is 68.5 Å². The molecule has 0 aromatic rings. The van der Waals surface area contributed by atoms with E-state index in [0.717, 1.165) is 38.5 Å². The highest BCUT2D eigenvalue weighted by atomic mass is 31.2. The number of likely N-dealkylation sites (N-methyl/N-ethyl adjacent to an activating group) is 1. The third kappa shape index (κ3) is 72.7. The zero-order valence-electron chi connectivity index (χ0n) is 60.5. The van der Waals surface area contributed by atoms with Crippen molar-refractivity contribution >= 4 is 13.7 Å². The summed E-state index contributed by atoms with van der Waals surface area (Å²) in [6.07, 6.45) is 92.0. The van der Waals surface area contributed by atoms with Crippen LogP contribution < -0.4 is 10.2 Å². The van der Waals surface area contributed by atoms with Gasteiger partial charge in [0.25, 0.3) is 7.82 Å². The Balaban J connectivity index is 3.89. The van der Waals surface area contributed by atoms with Gasteiger partial charge >= 0.3 is 0 Å². The summed E-state index contributed by atoms with van der Waals surface area (Å²) < 4.78 is 23.6. The molecule has 0 aromatic heterocycles. The minimum atomic E-state index is -4.58. The average molecular weight is 1260 g/mol. The molecule has 0 spiro atoms. The Hall–Kier alpha value is -0.760. The summed E-state index contributed by atoms with van der Waals surface area (Å²) in [6.45, 7) is 4.80. The molecule has 0 rings (SSSR count). The second-order valence-electron chi connectivity index (χ2n) is 29.1. The Kier molecular flexibility index (Phi) is 69.9.